The number of rotatable bonds is 5. The third kappa shape index (κ3) is 2.82. The lowest BCUT2D eigenvalue weighted by Crippen LogP contribution is -2.32. The van der Waals surface area contributed by atoms with Crippen LogP contribution in [0.3, 0.4) is 0 Å². The molecule has 0 saturated carbocycles. The van der Waals surface area contributed by atoms with Gasteiger partial charge in [-0.1, -0.05) is 38.8 Å². The fourth-order valence-corrected chi connectivity index (χ4v) is 2.61. The van der Waals surface area contributed by atoms with Crippen LogP contribution in [0.5, 0.6) is 0 Å². The van der Waals surface area contributed by atoms with Crippen LogP contribution in [0.4, 0.5) is 10.1 Å². The monoisotopic (exact) mass is 291 g/mol. The van der Waals surface area contributed by atoms with Crippen molar-refractivity contribution < 1.29 is 19.1 Å². The van der Waals surface area contributed by atoms with Gasteiger partial charge in [0.25, 0.3) is 5.91 Å². The number of carbonyl (C=O) groups excluding carboxylic acids is 1. The summed E-state index contributed by atoms with van der Waals surface area (Å²) < 4.78 is 14.1. The third-order valence-electron chi connectivity index (χ3n) is 3.89. The van der Waals surface area contributed by atoms with E-state index in [4.69, 9.17) is 5.11 Å². The summed E-state index contributed by atoms with van der Waals surface area (Å²) in [6.07, 6.45) is 2.61. The molecule has 0 aromatic heterocycles. The van der Waals surface area contributed by atoms with Crippen LogP contribution in [0.1, 0.15) is 32.3 Å². The van der Waals surface area contributed by atoms with Crippen molar-refractivity contribution in [3.05, 3.63) is 35.7 Å². The van der Waals surface area contributed by atoms with Crippen LogP contribution in [0.25, 0.3) is 5.57 Å². The highest BCUT2D eigenvalue weighted by Crippen LogP contribution is 2.39. The number of carboxylic acids is 1. The van der Waals surface area contributed by atoms with Gasteiger partial charge in [0.1, 0.15) is 5.82 Å². The van der Waals surface area contributed by atoms with Gasteiger partial charge >= 0.3 is 5.97 Å². The Labute approximate surface area is 122 Å². The lowest BCUT2D eigenvalue weighted by molar-refractivity contribution is -0.131. The molecule has 1 aromatic rings. The van der Waals surface area contributed by atoms with Crippen molar-refractivity contribution in [2.24, 2.45) is 5.92 Å². The Kier molecular flexibility index (Phi) is 4.40. The van der Waals surface area contributed by atoms with Gasteiger partial charge in [-0.3, -0.25) is 4.79 Å². The van der Waals surface area contributed by atoms with Crippen LogP contribution >= 0.6 is 0 Å². The molecule has 0 spiro atoms. The minimum Gasteiger partial charge on any atom is -0.478 e. The molecule has 1 heterocycles. The van der Waals surface area contributed by atoms with E-state index in [1.54, 1.807) is 6.07 Å². The number of benzene rings is 1. The molecule has 1 N–H and O–H groups in total. The lowest BCUT2D eigenvalue weighted by atomic mass is 10.0. The first-order valence-corrected chi connectivity index (χ1v) is 7.04. The van der Waals surface area contributed by atoms with Crippen molar-refractivity contribution in [2.45, 2.75) is 26.7 Å². The predicted molar refractivity (Wildman–Crippen MR) is 78.4 cm³/mol. The number of aliphatic carboxylic acids is 1. The Balaban J connectivity index is 2.50. The zero-order valence-corrected chi connectivity index (χ0v) is 12.1. The average molecular weight is 291 g/mol. The predicted octanol–water partition coefficient (Wildman–Crippen LogP) is 3.08. The molecule has 0 fully saturated rings. The fourth-order valence-electron chi connectivity index (χ4n) is 2.61. The number of carboxylic acid groups (broad SMARTS) is 1. The standard InChI is InChI=1S/C16H18FNO3/c1-3-10(4-2)9-18-15-11(6-5-7-13(15)17)12(16(18)21)8-14(19)20/h5-8,10H,3-4,9H2,1-2H3,(H,19,20). The molecule has 1 aliphatic heterocycles. The summed E-state index contributed by atoms with van der Waals surface area (Å²) in [5.41, 5.74) is 0.596. The molecule has 0 saturated heterocycles. The van der Waals surface area contributed by atoms with Gasteiger partial charge < -0.3 is 10.0 Å². The van der Waals surface area contributed by atoms with E-state index in [9.17, 15) is 14.0 Å². The van der Waals surface area contributed by atoms with Gasteiger partial charge in [-0.2, -0.15) is 0 Å². The molecular formula is C16H18FNO3. The Morgan fingerprint density at radius 1 is 1.38 bits per heavy atom. The summed E-state index contributed by atoms with van der Waals surface area (Å²) in [5, 5.41) is 8.91. The Hall–Kier alpha value is -2.17. The van der Waals surface area contributed by atoms with E-state index < -0.39 is 17.7 Å². The molecule has 112 valence electrons. The molecule has 0 unspecified atom stereocenters. The van der Waals surface area contributed by atoms with Crippen molar-refractivity contribution in [2.75, 3.05) is 11.4 Å². The smallest absolute Gasteiger partial charge is 0.329 e. The quantitative estimate of drug-likeness (QED) is 0.848. The van der Waals surface area contributed by atoms with E-state index >= 15 is 0 Å². The second-order valence-electron chi connectivity index (χ2n) is 5.13. The zero-order chi connectivity index (χ0) is 15.6. The molecule has 1 amide bonds. The Morgan fingerprint density at radius 3 is 2.62 bits per heavy atom. The minimum atomic E-state index is -1.21. The highest BCUT2D eigenvalue weighted by Gasteiger charge is 2.35. The zero-order valence-electron chi connectivity index (χ0n) is 12.1. The number of hydrogen-bond acceptors (Lipinski definition) is 2. The summed E-state index contributed by atoms with van der Waals surface area (Å²) in [6.45, 7) is 4.44. The second-order valence-corrected chi connectivity index (χ2v) is 5.13. The summed E-state index contributed by atoms with van der Waals surface area (Å²) in [7, 11) is 0. The number of para-hydroxylation sites is 1. The molecule has 4 nitrogen and oxygen atoms in total. The molecule has 0 radical (unpaired) electrons. The van der Waals surface area contributed by atoms with Gasteiger partial charge in [0, 0.05) is 18.2 Å². The molecule has 1 aliphatic rings. The maximum Gasteiger partial charge on any atom is 0.329 e. The summed E-state index contributed by atoms with van der Waals surface area (Å²) in [5.74, 6) is -1.89. The number of halogens is 1. The van der Waals surface area contributed by atoms with Gasteiger partial charge in [0.05, 0.1) is 11.3 Å². The molecule has 21 heavy (non-hydrogen) atoms. The van der Waals surface area contributed by atoms with Crippen molar-refractivity contribution in [3.8, 4) is 0 Å². The van der Waals surface area contributed by atoms with Crippen molar-refractivity contribution in [3.63, 3.8) is 0 Å². The first-order chi connectivity index (χ1) is 9.99. The van der Waals surface area contributed by atoms with Crippen LogP contribution in [0.15, 0.2) is 24.3 Å². The van der Waals surface area contributed by atoms with Crippen molar-refractivity contribution in [1.29, 1.82) is 0 Å². The first-order valence-electron chi connectivity index (χ1n) is 7.04. The normalized spacial score (nSPS) is 15.9. The Morgan fingerprint density at radius 2 is 2.05 bits per heavy atom. The molecule has 0 bridgehead atoms. The Bertz CT molecular complexity index is 606. The third-order valence-corrected chi connectivity index (χ3v) is 3.89. The highest BCUT2D eigenvalue weighted by molar-refractivity contribution is 6.34. The van der Waals surface area contributed by atoms with E-state index in [0.29, 0.717) is 12.1 Å². The maximum atomic E-state index is 14.1. The van der Waals surface area contributed by atoms with E-state index in [1.807, 2.05) is 13.8 Å². The SMILES string of the molecule is CCC(CC)CN1C(=O)C(=CC(=O)O)c2cccc(F)c21. The molecule has 0 aliphatic carbocycles. The van der Waals surface area contributed by atoms with Crippen LogP contribution in [-0.2, 0) is 9.59 Å². The number of carbonyl (C=O) groups is 2. The fraction of sp³-hybridized carbons (Fsp3) is 0.375. The van der Waals surface area contributed by atoms with Crippen LogP contribution in [0, 0.1) is 11.7 Å². The molecule has 2 rings (SSSR count). The number of hydrogen-bond donors (Lipinski definition) is 1. The van der Waals surface area contributed by atoms with Crippen LogP contribution < -0.4 is 4.90 Å². The van der Waals surface area contributed by atoms with E-state index in [0.717, 1.165) is 18.9 Å². The maximum absolute atomic E-state index is 14.1. The first kappa shape index (κ1) is 15.2. The van der Waals surface area contributed by atoms with E-state index in [2.05, 4.69) is 0 Å². The molecule has 5 heteroatoms. The number of fused-ring (bicyclic) bond motifs is 1. The molecule has 1 aromatic carbocycles. The van der Waals surface area contributed by atoms with E-state index in [-0.39, 0.29) is 17.2 Å². The summed E-state index contributed by atoms with van der Waals surface area (Å²) in [4.78, 5) is 24.7. The topological polar surface area (TPSA) is 57.6 Å². The largest absolute Gasteiger partial charge is 0.478 e. The minimum absolute atomic E-state index is 0.0444. The average Bonchev–Trinajstić information content (AvgIpc) is 2.70. The molecular weight excluding hydrogens is 273 g/mol. The highest BCUT2D eigenvalue weighted by atomic mass is 19.1. The van der Waals surface area contributed by atoms with Gasteiger partial charge in [0.2, 0.25) is 0 Å². The van der Waals surface area contributed by atoms with Crippen LogP contribution in [0.2, 0.25) is 0 Å². The number of amides is 1. The lowest BCUT2D eigenvalue weighted by Gasteiger charge is -2.22. The van der Waals surface area contributed by atoms with Gasteiger partial charge in [-0.05, 0) is 12.0 Å². The second kappa shape index (κ2) is 6.08. The van der Waals surface area contributed by atoms with E-state index in [1.165, 1.54) is 17.0 Å². The van der Waals surface area contributed by atoms with Gasteiger partial charge in [-0.25, -0.2) is 9.18 Å². The van der Waals surface area contributed by atoms with Gasteiger partial charge in [-0.15, -0.1) is 0 Å². The van der Waals surface area contributed by atoms with Crippen molar-refractivity contribution in [1.82, 2.24) is 0 Å². The number of nitrogens with zero attached hydrogens (tertiary/aromatic N) is 1. The van der Waals surface area contributed by atoms with Gasteiger partial charge in [0.15, 0.2) is 0 Å². The summed E-state index contributed by atoms with van der Waals surface area (Å²) >= 11 is 0. The summed E-state index contributed by atoms with van der Waals surface area (Å²) in [6, 6.07) is 4.35. The van der Waals surface area contributed by atoms with Crippen LogP contribution in [-0.4, -0.2) is 23.5 Å². The van der Waals surface area contributed by atoms with Crippen molar-refractivity contribution >= 4 is 23.1 Å². The molecule has 0 atom stereocenters. The number of anilines is 1.